The molecule has 0 spiro atoms. The second-order valence-electron chi connectivity index (χ2n) is 5.91. The Balaban J connectivity index is 1.96. The van der Waals surface area contributed by atoms with E-state index in [1.165, 1.54) is 22.3 Å². The summed E-state index contributed by atoms with van der Waals surface area (Å²) in [6.45, 7) is 9.77. The van der Waals surface area contributed by atoms with E-state index in [1.807, 2.05) is 0 Å². The van der Waals surface area contributed by atoms with Crippen molar-refractivity contribution >= 4 is 0 Å². The smallest absolute Gasteiger partial charge is 0.0546 e. The minimum absolute atomic E-state index is 0.0459. The van der Waals surface area contributed by atoms with E-state index in [-0.39, 0.29) is 6.10 Å². The molecule has 1 unspecified atom stereocenters. The highest BCUT2D eigenvalue weighted by Crippen LogP contribution is 2.28. The van der Waals surface area contributed by atoms with Gasteiger partial charge in [-0.2, -0.15) is 0 Å². The van der Waals surface area contributed by atoms with Gasteiger partial charge in [-0.3, -0.25) is 0 Å². The van der Waals surface area contributed by atoms with E-state index in [2.05, 4.69) is 45.1 Å². The fourth-order valence-corrected chi connectivity index (χ4v) is 2.77. The van der Waals surface area contributed by atoms with Gasteiger partial charge in [-0.25, -0.2) is 0 Å². The van der Waals surface area contributed by atoms with Gasteiger partial charge in [0.2, 0.25) is 0 Å². The number of rotatable bonds is 4. The second-order valence-corrected chi connectivity index (χ2v) is 5.91. The standard InChI is InChI=1S/C16H25NO/c1-10-5-12(3)16(6-11(10)2)13(4)17-9-14-7-15(18)8-14/h5-6,13-15,17-18H,7-9H2,1-4H3. The van der Waals surface area contributed by atoms with Gasteiger partial charge in [-0.15, -0.1) is 0 Å². The average Bonchev–Trinajstić information content (AvgIpc) is 2.27. The number of hydrogen-bond acceptors (Lipinski definition) is 2. The summed E-state index contributed by atoms with van der Waals surface area (Å²) in [7, 11) is 0. The Morgan fingerprint density at radius 3 is 2.39 bits per heavy atom. The Hall–Kier alpha value is -0.860. The van der Waals surface area contributed by atoms with Crippen LogP contribution in [0.4, 0.5) is 0 Å². The summed E-state index contributed by atoms with van der Waals surface area (Å²) in [4.78, 5) is 0. The van der Waals surface area contributed by atoms with Crippen molar-refractivity contribution in [2.24, 2.45) is 5.92 Å². The molecule has 0 heterocycles. The lowest BCUT2D eigenvalue weighted by atomic mass is 9.82. The van der Waals surface area contributed by atoms with Crippen LogP contribution in [0.5, 0.6) is 0 Å². The zero-order valence-corrected chi connectivity index (χ0v) is 12.0. The van der Waals surface area contributed by atoms with Crippen molar-refractivity contribution in [2.45, 2.75) is 52.7 Å². The molecule has 1 aliphatic rings. The predicted molar refractivity (Wildman–Crippen MR) is 75.8 cm³/mol. The van der Waals surface area contributed by atoms with E-state index in [9.17, 15) is 5.11 Å². The fourth-order valence-electron chi connectivity index (χ4n) is 2.77. The molecule has 0 saturated heterocycles. The minimum atomic E-state index is -0.0459. The molecule has 1 fully saturated rings. The van der Waals surface area contributed by atoms with E-state index in [4.69, 9.17) is 0 Å². The maximum atomic E-state index is 9.28. The molecule has 100 valence electrons. The van der Waals surface area contributed by atoms with Crippen molar-refractivity contribution in [3.63, 3.8) is 0 Å². The summed E-state index contributed by atoms with van der Waals surface area (Å²) in [5.74, 6) is 0.661. The van der Waals surface area contributed by atoms with Crippen molar-refractivity contribution in [1.82, 2.24) is 5.32 Å². The van der Waals surface area contributed by atoms with Gasteiger partial charge in [0.15, 0.2) is 0 Å². The number of aliphatic hydroxyl groups is 1. The summed E-state index contributed by atoms with van der Waals surface area (Å²) in [5.41, 5.74) is 5.50. The maximum absolute atomic E-state index is 9.28. The molecule has 2 heteroatoms. The maximum Gasteiger partial charge on any atom is 0.0546 e. The first kappa shape index (κ1) is 13.6. The zero-order valence-electron chi connectivity index (χ0n) is 12.0. The SMILES string of the molecule is Cc1cc(C)c(C(C)NCC2CC(O)C2)cc1C. The Labute approximate surface area is 110 Å². The third-order valence-electron chi connectivity index (χ3n) is 4.27. The summed E-state index contributed by atoms with van der Waals surface area (Å²) < 4.78 is 0. The molecule has 1 saturated carbocycles. The molecule has 0 amide bonds. The third kappa shape index (κ3) is 2.93. The molecule has 2 nitrogen and oxygen atoms in total. The second kappa shape index (κ2) is 5.41. The fraction of sp³-hybridized carbons (Fsp3) is 0.625. The molecular formula is C16H25NO. The van der Waals surface area contributed by atoms with Crippen molar-refractivity contribution < 1.29 is 5.11 Å². The van der Waals surface area contributed by atoms with Crippen LogP contribution in [-0.4, -0.2) is 17.8 Å². The van der Waals surface area contributed by atoms with Crippen LogP contribution in [0.25, 0.3) is 0 Å². The third-order valence-corrected chi connectivity index (χ3v) is 4.27. The van der Waals surface area contributed by atoms with Gasteiger partial charge in [0.05, 0.1) is 6.10 Å². The van der Waals surface area contributed by atoms with Gasteiger partial charge in [0.1, 0.15) is 0 Å². The van der Waals surface area contributed by atoms with Crippen LogP contribution in [0.1, 0.15) is 48.1 Å². The van der Waals surface area contributed by atoms with E-state index in [0.29, 0.717) is 12.0 Å². The van der Waals surface area contributed by atoms with Crippen LogP contribution < -0.4 is 5.32 Å². The van der Waals surface area contributed by atoms with Gasteiger partial charge in [0.25, 0.3) is 0 Å². The summed E-state index contributed by atoms with van der Waals surface area (Å²) in [6.07, 6.45) is 1.88. The first-order valence-corrected chi connectivity index (χ1v) is 6.96. The van der Waals surface area contributed by atoms with Gasteiger partial charge in [0, 0.05) is 6.04 Å². The van der Waals surface area contributed by atoms with Crippen LogP contribution in [0, 0.1) is 26.7 Å². The predicted octanol–water partition coefficient (Wildman–Crippen LogP) is 3.03. The van der Waals surface area contributed by atoms with Crippen molar-refractivity contribution in [1.29, 1.82) is 0 Å². The van der Waals surface area contributed by atoms with Crippen molar-refractivity contribution in [3.05, 3.63) is 34.4 Å². The van der Waals surface area contributed by atoms with E-state index in [1.54, 1.807) is 0 Å². The number of benzene rings is 1. The molecule has 2 rings (SSSR count). The van der Waals surface area contributed by atoms with Gasteiger partial charge >= 0.3 is 0 Å². The molecular weight excluding hydrogens is 222 g/mol. The molecule has 1 aliphatic carbocycles. The highest BCUT2D eigenvalue weighted by atomic mass is 16.3. The Morgan fingerprint density at radius 1 is 1.17 bits per heavy atom. The largest absolute Gasteiger partial charge is 0.393 e. The average molecular weight is 247 g/mol. The lowest BCUT2D eigenvalue weighted by molar-refractivity contribution is 0.0420. The summed E-state index contributed by atoms with van der Waals surface area (Å²) >= 11 is 0. The first-order chi connectivity index (χ1) is 8.47. The van der Waals surface area contributed by atoms with E-state index in [0.717, 1.165) is 19.4 Å². The molecule has 0 aliphatic heterocycles. The lowest BCUT2D eigenvalue weighted by Gasteiger charge is -2.32. The van der Waals surface area contributed by atoms with Crippen LogP contribution in [0.15, 0.2) is 12.1 Å². The van der Waals surface area contributed by atoms with Crippen molar-refractivity contribution in [3.8, 4) is 0 Å². The van der Waals surface area contributed by atoms with Crippen LogP contribution in [0.3, 0.4) is 0 Å². The first-order valence-electron chi connectivity index (χ1n) is 6.96. The molecule has 1 aromatic rings. The van der Waals surface area contributed by atoms with Gasteiger partial charge in [-0.1, -0.05) is 12.1 Å². The number of hydrogen-bond donors (Lipinski definition) is 2. The van der Waals surface area contributed by atoms with Gasteiger partial charge < -0.3 is 10.4 Å². The van der Waals surface area contributed by atoms with E-state index >= 15 is 0 Å². The molecule has 0 aromatic heterocycles. The van der Waals surface area contributed by atoms with Crippen LogP contribution in [0.2, 0.25) is 0 Å². The number of aliphatic hydroxyl groups excluding tert-OH is 1. The van der Waals surface area contributed by atoms with Crippen molar-refractivity contribution in [2.75, 3.05) is 6.54 Å². The highest BCUT2D eigenvalue weighted by Gasteiger charge is 2.27. The normalized spacial score (nSPS) is 24.7. The zero-order chi connectivity index (χ0) is 13.3. The Morgan fingerprint density at radius 2 is 1.78 bits per heavy atom. The molecule has 1 atom stereocenters. The highest BCUT2D eigenvalue weighted by molar-refractivity contribution is 5.38. The van der Waals surface area contributed by atoms with Crippen LogP contribution in [-0.2, 0) is 0 Å². The van der Waals surface area contributed by atoms with Gasteiger partial charge in [-0.05, 0) is 75.3 Å². The number of aryl methyl sites for hydroxylation is 3. The lowest BCUT2D eigenvalue weighted by Crippen LogP contribution is -2.37. The molecule has 2 N–H and O–H groups in total. The molecule has 0 bridgehead atoms. The Kier molecular flexibility index (Phi) is 4.08. The topological polar surface area (TPSA) is 32.3 Å². The minimum Gasteiger partial charge on any atom is -0.393 e. The molecule has 18 heavy (non-hydrogen) atoms. The monoisotopic (exact) mass is 247 g/mol. The Bertz CT molecular complexity index is 421. The number of nitrogens with one attached hydrogen (secondary N) is 1. The summed E-state index contributed by atoms with van der Waals surface area (Å²) in [6, 6.07) is 4.97. The van der Waals surface area contributed by atoms with E-state index < -0.39 is 0 Å². The summed E-state index contributed by atoms with van der Waals surface area (Å²) in [5, 5.41) is 12.9. The molecule has 1 aromatic carbocycles. The quantitative estimate of drug-likeness (QED) is 0.857. The molecule has 0 radical (unpaired) electrons. The van der Waals surface area contributed by atoms with Crippen LogP contribution >= 0.6 is 0 Å².